The van der Waals surface area contributed by atoms with Crippen LogP contribution in [-0.2, 0) is 39.0 Å². The van der Waals surface area contributed by atoms with E-state index in [4.69, 9.17) is 0 Å². The molecule has 0 N–H and O–H groups in total. The number of hydrogen-bond donors (Lipinski definition) is 0. The van der Waals surface area contributed by atoms with E-state index >= 15 is 0 Å². The Morgan fingerprint density at radius 3 is 1.31 bits per heavy atom. The fourth-order valence-corrected chi connectivity index (χ4v) is 10.5. The van der Waals surface area contributed by atoms with Gasteiger partial charge >= 0.3 is 26.2 Å². The topological polar surface area (TPSA) is 0 Å². The van der Waals surface area contributed by atoms with E-state index in [0.29, 0.717) is 0 Å². The van der Waals surface area contributed by atoms with Crippen LogP contribution in [0.15, 0.2) is 91.0 Å². The molecule has 0 saturated carbocycles. The number of benzene rings is 3. The van der Waals surface area contributed by atoms with Gasteiger partial charge in [-0.2, -0.15) is 23.2 Å². The number of unbranched alkanes of at least 4 members (excludes halogenated alkanes) is 2. The van der Waals surface area contributed by atoms with Gasteiger partial charge in [0.05, 0.1) is 0 Å². The molecular weight excluding hydrogens is 564 g/mol. The van der Waals surface area contributed by atoms with Gasteiger partial charge in [0.15, 0.2) is 0 Å². The molecule has 39 heavy (non-hydrogen) atoms. The molecule has 2 heteroatoms. The minimum absolute atomic E-state index is 0. The zero-order valence-electron chi connectivity index (χ0n) is 24.8. The van der Waals surface area contributed by atoms with Gasteiger partial charge in [0.1, 0.15) is 0 Å². The molecule has 0 spiro atoms. The third-order valence-electron chi connectivity index (χ3n) is 7.58. The van der Waals surface area contributed by atoms with Crippen molar-refractivity contribution in [2.45, 2.75) is 72.8 Å². The molecule has 202 valence electrons. The van der Waals surface area contributed by atoms with Gasteiger partial charge in [0.2, 0.25) is 0 Å². The fourth-order valence-electron chi connectivity index (χ4n) is 5.49. The molecule has 0 bridgehead atoms. The molecule has 0 nitrogen and oxygen atoms in total. The third-order valence-corrected chi connectivity index (χ3v) is 12.3. The quantitative estimate of drug-likeness (QED) is 0.128. The van der Waals surface area contributed by atoms with Gasteiger partial charge < -0.3 is 13.8 Å². The van der Waals surface area contributed by atoms with E-state index in [2.05, 4.69) is 139 Å². The van der Waals surface area contributed by atoms with Crippen LogP contribution < -0.4 is 15.6 Å². The van der Waals surface area contributed by atoms with Crippen LogP contribution in [0.25, 0.3) is 21.5 Å². The standard InChI is InChI=1S/C29H28Si.2C4H9.Zr/c1-4-21-19-23-13-9-11-17-26(23)28(21)30(3,25-15-7-6-8-16-25)29-22(5-2)20-24-14-10-12-18-27(24)29;2*1-3-4-2;/h6-20H,4-5H2,1-3H3;2*1,3-4H2,2H3;/q-2;2*-1;+4. The Labute approximate surface area is 258 Å². The van der Waals surface area contributed by atoms with Crippen molar-refractivity contribution in [3.63, 3.8) is 0 Å². The summed E-state index contributed by atoms with van der Waals surface area (Å²) in [4.78, 5) is 0. The number of rotatable bonds is 7. The monoisotopic (exact) mass is 608 g/mol. The molecule has 0 radical (unpaired) electrons. The van der Waals surface area contributed by atoms with Gasteiger partial charge in [-0.25, -0.2) is 0 Å². The zero-order chi connectivity index (χ0) is 27.5. The molecule has 0 heterocycles. The largest absolute Gasteiger partial charge is 4.00 e. The summed E-state index contributed by atoms with van der Waals surface area (Å²) in [5, 5.41) is 10.4. The normalized spacial score (nSPS) is 10.8. The molecule has 0 aliphatic heterocycles. The van der Waals surface area contributed by atoms with Crippen LogP contribution in [0.5, 0.6) is 0 Å². The SMILES string of the molecule is CCc1[cH-]c2ccccc2c1[Si](C)(c1ccccc1)c1c(CC)[cH-]c2ccccc12.[CH2-]CCC.[CH2-]CCC.[Zr+4]. The van der Waals surface area contributed by atoms with Crippen molar-refractivity contribution in [2.24, 2.45) is 0 Å². The summed E-state index contributed by atoms with van der Waals surface area (Å²) in [6, 6.07) is 34.2. The van der Waals surface area contributed by atoms with Gasteiger partial charge in [-0.1, -0.05) is 94.7 Å². The Morgan fingerprint density at radius 2 is 0.949 bits per heavy atom. The summed E-state index contributed by atoms with van der Waals surface area (Å²) in [6.07, 6.45) is 6.69. The van der Waals surface area contributed by atoms with Crippen molar-refractivity contribution in [1.82, 2.24) is 0 Å². The maximum absolute atomic E-state index is 3.60. The van der Waals surface area contributed by atoms with E-state index in [1.807, 2.05) is 0 Å². The molecule has 0 amide bonds. The molecule has 0 aliphatic rings. The van der Waals surface area contributed by atoms with E-state index in [-0.39, 0.29) is 26.2 Å². The second-order valence-electron chi connectivity index (χ2n) is 10.2. The molecule has 5 aromatic carbocycles. The fraction of sp³-hybridized carbons (Fsp3) is 0.297. The Bertz CT molecular complexity index is 1300. The van der Waals surface area contributed by atoms with Crippen LogP contribution in [0, 0.1) is 13.8 Å². The molecule has 0 unspecified atom stereocenters. The second kappa shape index (κ2) is 16.3. The van der Waals surface area contributed by atoms with Crippen molar-refractivity contribution < 1.29 is 26.2 Å². The summed E-state index contributed by atoms with van der Waals surface area (Å²) in [7, 11) is -2.23. The van der Waals surface area contributed by atoms with Gasteiger partial charge in [-0.3, -0.25) is 0 Å². The molecular formula is C37H46SiZr. The van der Waals surface area contributed by atoms with Crippen LogP contribution in [-0.4, -0.2) is 8.07 Å². The van der Waals surface area contributed by atoms with E-state index < -0.39 is 8.07 Å². The molecule has 0 aliphatic carbocycles. The van der Waals surface area contributed by atoms with E-state index in [9.17, 15) is 0 Å². The predicted molar refractivity (Wildman–Crippen MR) is 175 cm³/mol. The Hall–Kier alpha value is -2.02. The van der Waals surface area contributed by atoms with Crippen molar-refractivity contribution >= 4 is 45.2 Å². The Morgan fingerprint density at radius 1 is 0.590 bits per heavy atom. The predicted octanol–water partition coefficient (Wildman–Crippen LogP) is 8.89. The summed E-state index contributed by atoms with van der Waals surface area (Å²) in [5.74, 6) is 0. The molecule has 5 aromatic rings. The smallest absolute Gasteiger partial charge is 0.343 e. The second-order valence-corrected chi connectivity index (χ2v) is 14.0. The van der Waals surface area contributed by atoms with Crippen molar-refractivity contribution in [3.8, 4) is 0 Å². The van der Waals surface area contributed by atoms with Gasteiger partial charge in [0, 0.05) is 8.07 Å². The minimum atomic E-state index is -2.23. The van der Waals surface area contributed by atoms with Gasteiger partial charge in [-0.05, 0) is 12.8 Å². The molecule has 0 aromatic heterocycles. The van der Waals surface area contributed by atoms with Crippen molar-refractivity contribution in [2.75, 3.05) is 0 Å². The molecule has 5 rings (SSSR count). The summed E-state index contributed by atoms with van der Waals surface area (Å²) in [5.41, 5.74) is 3.03. The number of hydrogen-bond acceptors (Lipinski definition) is 0. The van der Waals surface area contributed by atoms with Gasteiger partial charge in [0.25, 0.3) is 0 Å². The minimum Gasteiger partial charge on any atom is -0.343 e. The summed E-state index contributed by atoms with van der Waals surface area (Å²) < 4.78 is 0. The molecule has 0 fully saturated rings. The van der Waals surface area contributed by atoms with E-state index in [1.165, 1.54) is 50.7 Å². The van der Waals surface area contributed by atoms with Crippen molar-refractivity contribution in [3.05, 3.63) is 116 Å². The van der Waals surface area contributed by atoms with Crippen LogP contribution in [0.1, 0.15) is 64.5 Å². The first kappa shape index (κ1) is 33.2. The Balaban J connectivity index is 0.000000527. The molecule has 0 atom stereocenters. The maximum atomic E-state index is 3.60. The van der Waals surface area contributed by atoms with Crippen LogP contribution in [0.4, 0.5) is 0 Å². The van der Waals surface area contributed by atoms with Crippen LogP contribution >= 0.6 is 0 Å². The van der Waals surface area contributed by atoms with E-state index in [0.717, 1.165) is 25.7 Å². The first-order chi connectivity index (χ1) is 18.5. The third kappa shape index (κ3) is 7.20. The Kier molecular flexibility index (Phi) is 13.9. The maximum Gasteiger partial charge on any atom is 4.00 e. The first-order valence-electron chi connectivity index (χ1n) is 14.5. The number of aryl methyl sites for hydroxylation is 2. The zero-order valence-corrected chi connectivity index (χ0v) is 28.3. The van der Waals surface area contributed by atoms with Crippen LogP contribution in [0.2, 0.25) is 6.55 Å². The summed E-state index contributed by atoms with van der Waals surface area (Å²) >= 11 is 0. The summed E-state index contributed by atoms with van der Waals surface area (Å²) in [6.45, 7) is 18.6. The first-order valence-corrected chi connectivity index (χ1v) is 17.0. The molecule has 0 saturated heterocycles. The average molecular weight is 610 g/mol. The van der Waals surface area contributed by atoms with Crippen molar-refractivity contribution in [1.29, 1.82) is 0 Å². The van der Waals surface area contributed by atoms with Crippen LogP contribution in [0.3, 0.4) is 0 Å². The van der Waals surface area contributed by atoms with Gasteiger partial charge in [-0.15, -0.1) is 81.2 Å². The average Bonchev–Trinajstić information content (AvgIpc) is 3.56. The van der Waals surface area contributed by atoms with E-state index in [1.54, 1.807) is 10.4 Å². The number of fused-ring (bicyclic) bond motifs is 2.